The van der Waals surface area contributed by atoms with Gasteiger partial charge in [-0.05, 0) is 51.1 Å². The van der Waals surface area contributed by atoms with Crippen LogP contribution < -0.4 is 10.6 Å². The van der Waals surface area contributed by atoms with Crippen LogP contribution >= 0.6 is 0 Å². The van der Waals surface area contributed by atoms with Gasteiger partial charge in [-0.2, -0.15) is 0 Å². The number of hydrogen-bond donors (Lipinski definition) is 2. The lowest BCUT2D eigenvalue weighted by molar-refractivity contribution is -0.144. The standard InChI is InChI=1S/C26H38N4O3/c1-18(27-2)24(31)28-22(20-11-7-4-8-12-20)25(32)30-16-14-21-17-29(26(33)23(21)30)15-13-19-9-5-3-6-10-19/h3,5-6,9-10,18,20-23,27H,4,7-8,11-17H2,1-2H3,(H,28,31)/t18-,21+,22+,23+/m1/s1. The number of benzene rings is 1. The van der Waals surface area contributed by atoms with Crippen molar-refractivity contribution in [3.63, 3.8) is 0 Å². The molecule has 0 spiro atoms. The maximum Gasteiger partial charge on any atom is 0.246 e. The number of likely N-dealkylation sites (N-methyl/N-ethyl adjacent to an activating group) is 1. The number of rotatable bonds is 8. The molecule has 3 aliphatic rings. The molecule has 0 unspecified atom stereocenters. The molecule has 2 aliphatic heterocycles. The molecule has 2 N–H and O–H groups in total. The Labute approximate surface area is 197 Å². The van der Waals surface area contributed by atoms with Crippen LogP contribution in [0.5, 0.6) is 0 Å². The normalized spacial score (nSPS) is 25.1. The van der Waals surface area contributed by atoms with Gasteiger partial charge in [-0.15, -0.1) is 0 Å². The molecule has 1 aromatic carbocycles. The minimum atomic E-state index is -0.543. The number of nitrogens with one attached hydrogen (secondary N) is 2. The van der Waals surface area contributed by atoms with Crippen molar-refractivity contribution in [1.82, 2.24) is 20.4 Å². The largest absolute Gasteiger partial charge is 0.343 e. The molecule has 0 radical (unpaired) electrons. The SMILES string of the molecule is CN[C@H](C)C(=O)N[C@H](C(=O)N1CC[C@H]2CN(CCc3ccccc3)C(=O)[C@H]21)C1CCCCC1. The van der Waals surface area contributed by atoms with E-state index in [4.69, 9.17) is 0 Å². The predicted octanol–water partition coefficient (Wildman–Crippen LogP) is 1.96. The van der Waals surface area contributed by atoms with E-state index in [2.05, 4.69) is 22.8 Å². The Hall–Kier alpha value is -2.41. The van der Waals surface area contributed by atoms with Crippen LogP contribution in [0.25, 0.3) is 0 Å². The summed E-state index contributed by atoms with van der Waals surface area (Å²) < 4.78 is 0. The van der Waals surface area contributed by atoms with Crippen LogP contribution in [0, 0.1) is 11.8 Å². The Bertz CT molecular complexity index is 839. The van der Waals surface area contributed by atoms with E-state index in [1.54, 1.807) is 18.9 Å². The van der Waals surface area contributed by atoms with Crippen molar-refractivity contribution in [3.8, 4) is 0 Å². The summed E-state index contributed by atoms with van der Waals surface area (Å²) >= 11 is 0. The zero-order valence-electron chi connectivity index (χ0n) is 20.0. The van der Waals surface area contributed by atoms with Crippen LogP contribution in [-0.2, 0) is 20.8 Å². The van der Waals surface area contributed by atoms with Gasteiger partial charge >= 0.3 is 0 Å². The molecule has 1 aliphatic carbocycles. The molecule has 2 heterocycles. The summed E-state index contributed by atoms with van der Waals surface area (Å²) in [6.07, 6.45) is 6.92. The van der Waals surface area contributed by atoms with E-state index in [1.807, 2.05) is 23.1 Å². The molecule has 1 saturated carbocycles. The van der Waals surface area contributed by atoms with Crippen LogP contribution in [0.3, 0.4) is 0 Å². The number of amides is 3. The minimum absolute atomic E-state index is 0.0655. The number of hydrogen-bond acceptors (Lipinski definition) is 4. The van der Waals surface area contributed by atoms with Crippen molar-refractivity contribution in [2.75, 3.05) is 26.7 Å². The van der Waals surface area contributed by atoms with Crippen molar-refractivity contribution in [2.24, 2.45) is 11.8 Å². The first-order valence-corrected chi connectivity index (χ1v) is 12.6. The summed E-state index contributed by atoms with van der Waals surface area (Å²) in [6.45, 7) is 3.81. The van der Waals surface area contributed by atoms with Gasteiger partial charge < -0.3 is 20.4 Å². The fourth-order valence-corrected chi connectivity index (χ4v) is 5.74. The Balaban J connectivity index is 1.45. The van der Waals surface area contributed by atoms with Gasteiger partial charge in [0, 0.05) is 25.6 Å². The van der Waals surface area contributed by atoms with Crippen LogP contribution in [0.2, 0.25) is 0 Å². The van der Waals surface area contributed by atoms with E-state index >= 15 is 0 Å². The summed E-state index contributed by atoms with van der Waals surface area (Å²) in [6, 6.07) is 8.92. The predicted molar refractivity (Wildman–Crippen MR) is 127 cm³/mol. The molecular formula is C26H38N4O3. The highest BCUT2D eigenvalue weighted by Crippen LogP contribution is 2.35. The number of carbonyl (C=O) groups is 3. The molecule has 2 saturated heterocycles. The molecule has 0 aromatic heterocycles. The zero-order valence-corrected chi connectivity index (χ0v) is 20.0. The summed E-state index contributed by atoms with van der Waals surface area (Å²) in [7, 11) is 1.74. The molecule has 3 fully saturated rings. The molecule has 0 bridgehead atoms. The lowest BCUT2D eigenvalue weighted by Crippen LogP contribution is -2.57. The minimum Gasteiger partial charge on any atom is -0.343 e. The second-order valence-electron chi connectivity index (χ2n) is 9.94. The third-order valence-electron chi connectivity index (χ3n) is 7.85. The topological polar surface area (TPSA) is 81.8 Å². The van der Waals surface area contributed by atoms with E-state index in [1.165, 1.54) is 12.0 Å². The molecule has 4 atom stereocenters. The molecule has 180 valence electrons. The Morgan fingerprint density at radius 2 is 1.82 bits per heavy atom. The quantitative estimate of drug-likeness (QED) is 0.629. The first kappa shape index (κ1) is 23.7. The van der Waals surface area contributed by atoms with Gasteiger partial charge in [0.15, 0.2) is 0 Å². The van der Waals surface area contributed by atoms with Crippen molar-refractivity contribution in [2.45, 2.75) is 70.0 Å². The second-order valence-corrected chi connectivity index (χ2v) is 9.94. The lowest BCUT2D eigenvalue weighted by atomic mass is 9.83. The summed E-state index contributed by atoms with van der Waals surface area (Å²) in [5.41, 5.74) is 1.22. The number of likely N-dealkylation sites (tertiary alicyclic amines) is 2. The molecule has 7 heteroatoms. The highest BCUT2D eigenvalue weighted by molar-refractivity contribution is 5.94. The van der Waals surface area contributed by atoms with Gasteiger partial charge in [-0.1, -0.05) is 49.6 Å². The number of fused-ring (bicyclic) bond motifs is 1. The van der Waals surface area contributed by atoms with Crippen molar-refractivity contribution < 1.29 is 14.4 Å². The smallest absolute Gasteiger partial charge is 0.246 e. The van der Waals surface area contributed by atoms with Crippen molar-refractivity contribution >= 4 is 17.7 Å². The fraction of sp³-hybridized carbons (Fsp3) is 0.654. The Morgan fingerprint density at radius 1 is 1.09 bits per heavy atom. The molecule has 4 rings (SSSR count). The lowest BCUT2D eigenvalue weighted by Gasteiger charge is -2.35. The highest BCUT2D eigenvalue weighted by Gasteiger charge is 2.51. The summed E-state index contributed by atoms with van der Waals surface area (Å²) in [5, 5.41) is 6.01. The average molecular weight is 455 g/mol. The van der Waals surface area contributed by atoms with Crippen molar-refractivity contribution in [3.05, 3.63) is 35.9 Å². The van der Waals surface area contributed by atoms with Gasteiger partial charge in [0.25, 0.3) is 0 Å². The van der Waals surface area contributed by atoms with Crippen LogP contribution in [0.1, 0.15) is 51.0 Å². The zero-order chi connectivity index (χ0) is 23.4. The third kappa shape index (κ3) is 5.24. The highest BCUT2D eigenvalue weighted by atomic mass is 16.2. The molecule has 7 nitrogen and oxygen atoms in total. The van der Waals surface area contributed by atoms with E-state index in [0.29, 0.717) is 13.1 Å². The molecule has 1 aromatic rings. The van der Waals surface area contributed by atoms with Gasteiger partial charge in [0.2, 0.25) is 17.7 Å². The number of carbonyl (C=O) groups excluding carboxylic acids is 3. The molecule has 3 amide bonds. The van der Waals surface area contributed by atoms with Crippen LogP contribution in [0.4, 0.5) is 0 Å². The maximum absolute atomic E-state index is 13.8. The van der Waals surface area contributed by atoms with Crippen LogP contribution in [-0.4, -0.2) is 72.3 Å². The third-order valence-corrected chi connectivity index (χ3v) is 7.85. The van der Waals surface area contributed by atoms with E-state index < -0.39 is 6.04 Å². The number of nitrogens with zero attached hydrogens (tertiary/aromatic N) is 2. The van der Waals surface area contributed by atoms with E-state index in [-0.39, 0.29) is 41.6 Å². The summed E-state index contributed by atoms with van der Waals surface area (Å²) in [4.78, 5) is 43.5. The van der Waals surface area contributed by atoms with Crippen molar-refractivity contribution in [1.29, 1.82) is 0 Å². The first-order valence-electron chi connectivity index (χ1n) is 12.6. The Morgan fingerprint density at radius 3 is 2.52 bits per heavy atom. The van der Waals surface area contributed by atoms with Gasteiger partial charge in [-0.25, -0.2) is 0 Å². The maximum atomic E-state index is 13.8. The average Bonchev–Trinajstić information content (AvgIpc) is 3.41. The molecular weight excluding hydrogens is 416 g/mol. The first-order chi connectivity index (χ1) is 16.0. The van der Waals surface area contributed by atoms with E-state index in [0.717, 1.165) is 45.1 Å². The van der Waals surface area contributed by atoms with Gasteiger partial charge in [-0.3, -0.25) is 14.4 Å². The van der Waals surface area contributed by atoms with Crippen LogP contribution in [0.15, 0.2) is 30.3 Å². The van der Waals surface area contributed by atoms with Gasteiger partial charge in [0.1, 0.15) is 12.1 Å². The molecule has 33 heavy (non-hydrogen) atoms. The second kappa shape index (κ2) is 10.7. The van der Waals surface area contributed by atoms with Gasteiger partial charge in [0.05, 0.1) is 6.04 Å². The monoisotopic (exact) mass is 454 g/mol. The van der Waals surface area contributed by atoms with E-state index in [9.17, 15) is 14.4 Å². The summed E-state index contributed by atoms with van der Waals surface area (Å²) in [5.74, 6) is 0.183. The Kier molecular flexibility index (Phi) is 7.68. The fourth-order valence-electron chi connectivity index (χ4n) is 5.74.